The molecule has 0 unspecified atom stereocenters. The molecule has 31 heavy (non-hydrogen) atoms. The number of methoxy groups -OCH3 is 2. The summed E-state index contributed by atoms with van der Waals surface area (Å²) >= 11 is 0. The first-order valence-electron chi connectivity index (χ1n) is 10.8. The van der Waals surface area contributed by atoms with E-state index in [-0.39, 0.29) is 16.4 Å². The van der Waals surface area contributed by atoms with Crippen molar-refractivity contribution in [1.29, 1.82) is 0 Å². The molecule has 4 nitrogen and oxygen atoms in total. The summed E-state index contributed by atoms with van der Waals surface area (Å²) in [5, 5.41) is 9.16. The van der Waals surface area contributed by atoms with Gasteiger partial charge in [0.05, 0.1) is 19.8 Å². The number of allylic oxidation sites excluding steroid dienone is 1. The van der Waals surface area contributed by atoms with Crippen LogP contribution in [0.25, 0.3) is 11.6 Å². The van der Waals surface area contributed by atoms with E-state index in [1.54, 1.807) is 26.4 Å². The standard InChI is InChI=1S/C27H34O4/c1-16(15-18-9-11-19(12-10-18)25(28)29)20-17(2)23(30-7)21-22(24(20)31-8)27(5,6)14-13-26(21,3)4/h9-12,15H,13-14H2,1-8H3,(H,28,29). The molecular weight excluding hydrogens is 388 g/mol. The van der Waals surface area contributed by atoms with Gasteiger partial charge in [-0.3, -0.25) is 0 Å². The second kappa shape index (κ2) is 8.07. The molecule has 1 N–H and O–H groups in total. The highest BCUT2D eigenvalue weighted by Crippen LogP contribution is 2.56. The van der Waals surface area contributed by atoms with Crippen LogP contribution in [0.2, 0.25) is 0 Å². The SMILES string of the molecule is COc1c(C)c(C(C)=Cc2ccc(C(=O)O)cc2)c(OC)c2c1C(C)(C)CCC2(C)C. The fourth-order valence-electron chi connectivity index (χ4n) is 4.97. The third-order valence-electron chi connectivity index (χ3n) is 6.72. The van der Waals surface area contributed by atoms with Gasteiger partial charge in [-0.2, -0.15) is 0 Å². The van der Waals surface area contributed by atoms with Gasteiger partial charge in [0, 0.05) is 22.3 Å². The number of hydrogen-bond acceptors (Lipinski definition) is 3. The quantitative estimate of drug-likeness (QED) is 0.550. The van der Waals surface area contributed by atoms with Crippen LogP contribution in [0.3, 0.4) is 0 Å². The van der Waals surface area contributed by atoms with Crippen molar-refractivity contribution < 1.29 is 19.4 Å². The lowest BCUT2D eigenvalue weighted by Gasteiger charge is -2.44. The molecule has 2 aromatic rings. The predicted molar refractivity (Wildman–Crippen MR) is 127 cm³/mol. The molecule has 0 atom stereocenters. The average Bonchev–Trinajstić information content (AvgIpc) is 2.70. The van der Waals surface area contributed by atoms with Crippen LogP contribution >= 0.6 is 0 Å². The first-order chi connectivity index (χ1) is 14.4. The Morgan fingerprint density at radius 3 is 1.87 bits per heavy atom. The summed E-state index contributed by atoms with van der Waals surface area (Å²) in [7, 11) is 3.50. The van der Waals surface area contributed by atoms with Crippen LogP contribution in [0.5, 0.6) is 11.5 Å². The Bertz CT molecular complexity index is 1040. The molecule has 1 aliphatic carbocycles. The number of hydrogen-bond donors (Lipinski definition) is 1. The zero-order chi connectivity index (χ0) is 23.1. The Morgan fingerprint density at radius 1 is 0.935 bits per heavy atom. The molecule has 1 aliphatic rings. The molecule has 166 valence electrons. The van der Waals surface area contributed by atoms with Crippen LogP contribution in [0.4, 0.5) is 0 Å². The second-order valence-electron chi connectivity index (χ2n) is 9.84. The molecule has 0 fully saturated rings. The highest BCUT2D eigenvalue weighted by atomic mass is 16.5. The van der Waals surface area contributed by atoms with E-state index in [0.29, 0.717) is 0 Å². The summed E-state index contributed by atoms with van der Waals surface area (Å²) in [5.74, 6) is 0.938. The predicted octanol–water partition coefficient (Wildman–Crippen LogP) is 6.62. The van der Waals surface area contributed by atoms with Gasteiger partial charge in [-0.15, -0.1) is 0 Å². The van der Waals surface area contributed by atoms with Crippen LogP contribution in [0.1, 0.15) is 85.6 Å². The summed E-state index contributed by atoms with van der Waals surface area (Å²) in [4.78, 5) is 11.2. The number of benzene rings is 2. The monoisotopic (exact) mass is 422 g/mol. The number of fused-ring (bicyclic) bond motifs is 1. The van der Waals surface area contributed by atoms with E-state index in [0.717, 1.165) is 46.6 Å². The molecule has 4 heteroatoms. The number of ether oxygens (including phenoxy) is 2. The summed E-state index contributed by atoms with van der Waals surface area (Å²) in [6.07, 6.45) is 4.24. The molecule has 0 aromatic heterocycles. The highest BCUT2D eigenvalue weighted by molar-refractivity contribution is 5.90. The van der Waals surface area contributed by atoms with E-state index in [9.17, 15) is 4.79 Å². The largest absolute Gasteiger partial charge is 0.496 e. The van der Waals surface area contributed by atoms with E-state index in [4.69, 9.17) is 14.6 Å². The molecule has 0 saturated heterocycles. The Labute approximate surface area is 185 Å². The van der Waals surface area contributed by atoms with Crippen LogP contribution in [-0.2, 0) is 10.8 Å². The molecule has 0 amide bonds. The average molecular weight is 423 g/mol. The number of carboxylic acids is 1. The van der Waals surface area contributed by atoms with Crippen molar-refractivity contribution in [3.8, 4) is 11.5 Å². The van der Waals surface area contributed by atoms with Crippen molar-refractivity contribution in [2.24, 2.45) is 0 Å². The topological polar surface area (TPSA) is 55.8 Å². The molecule has 0 aliphatic heterocycles. The Kier molecular flexibility index (Phi) is 5.96. The fourth-order valence-corrected chi connectivity index (χ4v) is 4.97. The minimum atomic E-state index is -0.922. The normalized spacial score (nSPS) is 17.1. The molecule has 0 spiro atoms. The number of carbonyl (C=O) groups is 1. The van der Waals surface area contributed by atoms with Gasteiger partial charge in [-0.05, 0) is 60.8 Å². The maximum Gasteiger partial charge on any atom is 0.335 e. The lowest BCUT2D eigenvalue weighted by molar-refractivity contribution is 0.0697. The summed E-state index contributed by atoms with van der Waals surface area (Å²) in [6, 6.07) is 6.92. The Morgan fingerprint density at radius 2 is 1.42 bits per heavy atom. The lowest BCUT2D eigenvalue weighted by Crippen LogP contribution is -2.35. The first kappa shape index (κ1) is 22.9. The number of rotatable bonds is 5. The van der Waals surface area contributed by atoms with Crippen LogP contribution in [0, 0.1) is 6.92 Å². The Balaban J connectivity index is 2.29. The smallest absolute Gasteiger partial charge is 0.335 e. The van der Waals surface area contributed by atoms with Crippen molar-refractivity contribution in [1.82, 2.24) is 0 Å². The van der Waals surface area contributed by atoms with E-state index in [1.165, 1.54) is 11.1 Å². The first-order valence-corrected chi connectivity index (χ1v) is 10.8. The molecule has 0 radical (unpaired) electrons. The van der Waals surface area contributed by atoms with Gasteiger partial charge in [-0.1, -0.05) is 45.9 Å². The van der Waals surface area contributed by atoms with Crippen molar-refractivity contribution in [2.45, 2.75) is 65.2 Å². The van der Waals surface area contributed by atoms with Crippen LogP contribution < -0.4 is 9.47 Å². The van der Waals surface area contributed by atoms with Crippen LogP contribution in [0.15, 0.2) is 24.3 Å². The van der Waals surface area contributed by atoms with Gasteiger partial charge in [-0.25, -0.2) is 4.79 Å². The van der Waals surface area contributed by atoms with Crippen molar-refractivity contribution in [3.63, 3.8) is 0 Å². The Hall–Kier alpha value is -2.75. The van der Waals surface area contributed by atoms with Gasteiger partial charge in [0.15, 0.2) is 0 Å². The van der Waals surface area contributed by atoms with Crippen LogP contribution in [-0.4, -0.2) is 25.3 Å². The number of aromatic carboxylic acids is 1. The summed E-state index contributed by atoms with van der Waals surface area (Å²) < 4.78 is 12.1. The second-order valence-corrected chi connectivity index (χ2v) is 9.84. The maximum atomic E-state index is 11.2. The molecule has 0 heterocycles. The van der Waals surface area contributed by atoms with Gasteiger partial charge in [0.25, 0.3) is 0 Å². The van der Waals surface area contributed by atoms with Gasteiger partial charge < -0.3 is 14.6 Å². The highest BCUT2D eigenvalue weighted by Gasteiger charge is 2.43. The minimum Gasteiger partial charge on any atom is -0.496 e. The van der Waals surface area contributed by atoms with E-state index >= 15 is 0 Å². The fraction of sp³-hybridized carbons (Fsp3) is 0.444. The summed E-state index contributed by atoms with van der Waals surface area (Å²) in [5.41, 5.74) is 6.85. The molecule has 0 bridgehead atoms. The number of carboxylic acid groups (broad SMARTS) is 1. The van der Waals surface area contributed by atoms with E-state index in [1.807, 2.05) is 12.1 Å². The lowest BCUT2D eigenvalue weighted by atomic mass is 9.61. The maximum absolute atomic E-state index is 11.2. The molecule has 2 aromatic carbocycles. The van der Waals surface area contributed by atoms with Gasteiger partial charge in [0.1, 0.15) is 11.5 Å². The third-order valence-corrected chi connectivity index (χ3v) is 6.72. The summed E-state index contributed by atoms with van der Waals surface area (Å²) in [6.45, 7) is 13.3. The molecular formula is C27H34O4. The van der Waals surface area contributed by atoms with Crippen molar-refractivity contribution in [2.75, 3.05) is 14.2 Å². The minimum absolute atomic E-state index is 0.00293. The van der Waals surface area contributed by atoms with E-state index in [2.05, 4.69) is 47.6 Å². The third kappa shape index (κ3) is 3.96. The van der Waals surface area contributed by atoms with Gasteiger partial charge >= 0.3 is 5.97 Å². The molecule has 0 saturated carbocycles. The zero-order valence-electron chi connectivity index (χ0n) is 20.0. The van der Waals surface area contributed by atoms with E-state index < -0.39 is 5.97 Å². The zero-order valence-corrected chi connectivity index (χ0v) is 20.0. The molecule has 3 rings (SSSR count). The van der Waals surface area contributed by atoms with Crippen molar-refractivity contribution in [3.05, 3.63) is 57.6 Å². The van der Waals surface area contributed by atoms with Crippen molar-refractivity contribution >= 4 is 17.6 Å². The van der Waals surface area contributed by atoms with Gasteiger partial charge in [0.2, 0.25) is 0 Å².